The van der Waals surface area contributed by atoms with Gasteiger partial charge >= 0.3 is 0 Å². The standard InChI is InChI=1S/C16H20N2O3/c19-15-13-4-2-1-3-12(13)9-14(18-15)16(20)17-10-11-5-7-21-8-6-11/h1-4,11,14H,5-10H2,(H,17,20)(H,18,19)/t14-/m1/s1. The maximum atomic E-state index is 12.2. The lowest BCUT2D eigenvalue weighted by Gasteiger charge is -2.27. The van der Waals surface area contributed by atoms with Crippen LogP contribution in [0.5, 0.6) is 0 Å². The molecular formula is C16H20N2O3. The minimum absolute atomic E-state index is 0.0932. The van der Waals surface area contributed by atoms with Gasteiger partial charge in [0, 0.05) is 31.7 Å². The van der Waals surface area contributed by atoms with Gasteiger partial charge in [0.2, 0.25) is 5.91 Å². The minimum Gasteiger partial charge on any atom is -0.381 e. The van der Waals surface area contributed by atoms with E-state index in [0.29, 0.717) is 24.4 Å². The molecule has 2 heterocycles. The molecule has 1 atom stereocenters. The lowest BCUT2D eigenvalue weighted by Crippen LogP contribution is -2.51. The maximum absolute atomic E-state index is 12.2. The Morgan fingerprint density at radius 1 is 1.29 bits per heavy atom. The predicted octanol–water partition coefficient (Wildman–Crippen LogP) is 0.884. The molecule has 0 aromatic heterocycles. The number of amides is 2. The smallest absolute Gasteiger partial charge is 0.252 e. The molecule has 0 radical (unpaired) electrons. The van der Waals surface area contributed by atoms with E-state index in [1.54, 1.807) is 6.07 Å². The average molecular weight is 288 g/mol. The first-order valence-electron chi connectivity index (χ1n) is 7.48. The van der Waals surface area contributed by atoms with E-state index in [1.807, 2.05) is 18.2 Å². The van der Waals surface area contributed by atoms with Crippen molar-refractivity contribution in [2.45, 2.75) is 25.3 Å². The predicted molar refractivity (Wildman–Crippen MR) is 78.0 cm³/mol. The SMILES string of the molecule is O=C1N[C@@H](C(=O)NCC2CCOCC2)Cc2ccccc21. The molecule has 5 heteroatoms. The number of carbonyl (C=O) groups is 2. The summed E-state index contributed by atoms with van der Waals surface area (Å²) < 4.78 is 5.31. The fourth-order valence-corrected chi connectivity index (χ4v) is 2.90. The number of rotatable bonds is 3. The highest BCUT2D eigenvalue weighted by molar-refractivity contribution is 6.00. The molecule has 0 bridgehead atoms. The van der Waals surface area contributed by atoms with Crippen molar-refractivity contribution in [2.75, 3.05) is 19.8 Å². The van der Waals surface area contributed by atoms with E-state index < -0.39 is 6.04 Å². The fourth-order valence-electron chi connectivity index (χ4n) is 2.90. The van der Waals surface area contributed by atoms with Gasteiger partial charge in [-0.25, -0.2) is 0 Å². The van der Waals surface area contributed by atoms with Gasteiger partial charge in [-0.05, 0) is 30.4 Å². The molecule has 2 aliphatic heterocycles. The zero-order chi connectivity index (χ0) is 14.7. The van der Waals surface area contributed by atoms with Crippen molar-refractivity contribution in [2.24, 2.45) is 5.92 Å². The van der Waals surface area contributed by atoms with Crippen LogP contribution in [0.25, 0.3) is 0 Å². The Kier molecular flexibility index (Phi) is 4.20. The van der Waals surface area contributed by atoms with Crippen molar-refractivity contribution in [3.8, 4) is 0 Å². The van der Waals surface area contributed by atoms with E-state index >= 15 is 0 Å². The molecule has 3 rings (SSSR count). The number of hydrogen-bond donors (Lipinski definition) is 2. The van der Waals surface area contributed by atoms with Crippen LogP contribution in [0, 0.1) is 5.92 Å². The van der Waals surface area contributed by atoms with E-state index in [0.717, 1.165) is 31.6 Å². The van der Waals surface area contributed by atoms with E-state index in [1.165, 1.54) is 0 Å². The molecule has 112 valence electrons. The van der Waals surface area contributed by atoms with E-state index in [4.69, 9.17) is 4.74 Å². The summed E-state index contributed by atoms with van der Waals surface area (Å²) in [6.07, 6.45) is 2.53. The van der Waals surface area contributed by atoms with Gasteiger partial charge in [-0.15, -0.1) is 0 Å². The maximum Gasteiger partial charge on any atom is 0.252 e. The van der Waals surface area contributed by atoms with Crippen LogP contribution in [-0.4, -0.2) is 37.6 Å². The second kappa shape index (κ2) is 6.26. The normalized spacial score (nSPS) is 22.3. The highest BCUT2D eigenvalue weighted by Gasteiger charge is 2.29. The summed E-state index contributed by atoms with van der Waals surface area (Å²) >= 11 is 0. The summed E-state index contributed by atoms with van der Waals surface area (Å²) in [7, 11) is 0. The molecule has 1 aromatic rings. The van der Waals surface area contributed by atoms with Crippen LogP contribution in [-0.2, 0) is 16.0 Å². The first-order valence-corrected chi connectivity index (χ1v) is 7.48. The third-order valence-corrected chi connectivity index (χ3v) is 4.21. The number of fused-ring (bicyclic) bond motifs is 1. The van der Waals surface area contributed by atoms with Crippen LogP contribution >= 0.6 is 0 Å². The number of nitrogens with one attached hydrogen (secondary N) is 2. The first-order chi connectivity index (χ1) is 10.2. The van der Waals surface area contributed by atoms with Crippen molar-refractivity contribution in [1.29, 1.82) is 0 Å². The topological polar surface area (TPSA) is 67.4 Å². The third-order valence-electron chi connectivity index (χ3n) is 4.21. The largest absolute Gasteiger partial charge is 0.381 e. The monoisotopic (exact) mass is 288 g/mol. The fraction of sp³-hybridized carbons (Fsp3) is 0.500. The molecule has 2 N–H and O–H groups in total. The van der Waals surface area contributed by atoms with Crippen LogP contribution in [0.1, 0.15) is 28.8 Å². The van der Waals surface area contributed by atoms with Crippen LogP contribution in [0.3, 0.4) is 0 Å². The molecule has 0 saturated carbocycles. The van der Waals surface area contributed by atoms with Gasteiger partial charge < -0.3 is 15.4 Å². The number of hydrogen-bond acceptors (Lipinski definition) is 3. The summed E-state index contributed by atoms with van der Waals surface area (Å²) in [5.41, 5.74) is 1.61. The molecule has 2 amide bonds. The second-order valence-corrected chi connectivity index (χ2v) is 5.69. The van der Waals surface area contributed by atoms with Crippen molar-refractivity contribution in [3.05, 3.63) is 35.4 Å². The highest BCUT2D eigenvalue weighted by Crippen LogP contribution is 2.17. The zero-order valence-electron chi connectivity index (χ0n) is 11.9. The number of ether oxygens (including phenoxy) is 1. The quantitative estimate of drug-likeness (QED) is 0.868. The highest BCUT2D eigenvalue weighted by atomic mass is 16.5. The van der Waals surface area contributed by atoms with Crippen LogP contribution in [0.2, 0.25) is 0 Å². The van der Waals surface area contributed by atoms with Crippen molar-refractivity contribution < 1.29 is 14.3 Å². The first kappa shape index (κ1) is 14.1. The van der Waals surface area contributed by atoms with Crippen LogP contribution in [0.4, 0.5) is 0 Å². The Labute approximate surface area is 124 Å². The lowest BCUT2D eigenvalue weighted by molar-refractivity contribution is -0.123. The summed E-state index contributed by atoms with van der Waals surface area (Å²) in [5.74, 6) is 0.224. The minimum atomic E-state index is -0.466. The van der Waals surface area contributed by atoms with Crippen molar-refractivity contribution >= 4 is 11.8 Å². The van der Waals surface area contributed by atoms with Gasteiger partial charge in [-0.3, -0.25) is 9.59 Å². The Bertz CT molecular complexity index is 538. The van der Waals surface area contributed by atoms with Gasteiger partial charge in [-0.1, -0.05) is 18.2 Å². The van der Waals surface area contributed by atoms with E-state index in [9.17, 15) is 9.59 Å². The van der Waals surface area contributed by atoms with Gasteiger partial charge in [0.05, 0.1) is 0 Å². The van der Waals surface area contributed by atoms with Crippen LogP contribution in [0.15, 0.2) is 24.3 Å². The zero-order valence-corrected chi connectivity index (χ0v) is 11.9. The summed E-state index contributed by atoms with van der Waals surface area (Å²) in [6.45, 7) is 2.21. The van der Waals surface area contributed by atoms with Crippen molar-refractivity contribution in [3.63, 3.8) is 0 Å². The molecule has 0 unspecified atom stereocenters. The van der Waals surface area contributed by atoms with E-state index in [-0.39, 0.29) is 11.8 Å². The Hall–Kier alpha value is -1.88. The Morgan fingerprint density at radius 3 is 2.86 bits per heavy atom. The van der Waals surface area contributed by atoms with E-state index in [2.05, 4.69) is 10.6 Å². The molecule has 21 heavy (non-hydrogen) atoms. The van der Waals surface area contributed by atoms with Gasteiger partial charge in [0.1, 0.15) is 6.04 Å². The van der Waals surface area contributed by atoms with Gasteiger partial charge in [0.15, 0.2) is 0 Å². The molecular weight excluding hydrogens is 268 g/mol. The summed E-state index contributed by atoms with van der Waals surface area (Å²) in [4.78, 5) is 24.2. The Balaban J connectivity index is 1.57. The second-order valence-electron chi connectivity index (χ2n) is 5.69. The van der Waals surface area contributed by atoms with Crippen LogP contribution < -0.4 is 10.6 Å². The molecule has 0 aliphatic carbocycles. The molecule has 1 aromatic carbocycles. The molecule has 2 aliphatic rings. The number of benzene rings is 1. The third kappa shape index (κ3) is 3.24. The van der Waals surface area contributed by atoms with Gasteiger partial charge in [-0.2, -0.15) is 0 Å². The van der Waals surface area contributed by atoms with Crippen molar-refractivity contribution in [1.82, 2.24) is 10.6 Å². The average Bonchev–Trinajstić information content (AvgIpc) is 2.53. The Morgan fingerprint density at radius 2 is 2.05 bits per heavy atom. The molecule has 5 nitrogen and oxygen atoms in total. The molecule has 0 spiro atoms. The molecule has 1 fully saturated rings. The van der Waals surface area contributed by atoms with Gasteiger partial charge in [0.25, 0.3) is 5.91 Å². The number of carbonyl (C=O) groups excluding carboxylic acids is 2. The summed E-state index contributed by atoms with van der Waals surface area (Å²) in [6, 6.07) is 6.97. The molecule has 1 saturated heterocycles. The summed E-state index contributed by atoms with van der Waals surface area (Å²) in [5, 5.41) is 5.75. The lowest BCUT2D eigenvalue weighted by atomic mass is 9.94.